The van der Waals surface area contributed by atoms with E-state index in [-0.39, 0.29) is 30.7 Å². The molecule has 31 heavy (non-hydrogen) atoms. The number of benzene rings is 2. The molecule has 3 amide bonds. The van der Waals surface area contributed by atoms with Gasteiger partial charge in [-0.25, -0.2) is 0 Å². The molecule has 0 bridgehead atoms. The van der Waals surface area contributed by atoms with E-state index < -0.39 is 5.92 Å². The monoisotopic (exact) mass is 420 g/mol. The number of carbonyl (C=O) groups excluding carboxylic acids is 3. The quantitative estimate of drug-likeness (QED) is 0.509. The zero-order valence-electron chi connectivity index (χ0n) is 17.2. The molecule has 2 heterocycles. The Morgan fingerprint density at radius 1 is 1.13 bits per heavy atom. The van der Waals surface area contributed by atoms with Gasteiger partial charge in [-0.1, -0.05) is 12.1 Å². The number of hydrogen-bond acceptors (Lipinski definition) is 4. The molecule has 0 aliphatic carbocycles. The highest BCUT2D eigenvalue weighted by Gasteiger charge is 2.35. The number of ether oxygens (including phenoxy) is 1. The highest BCUT2D eigenvalue weighted by atomic mass is 16.5. The van der Waals surface area contributed by atoms with Crippen molar-refractivity contribution in [2.75, 3.05) is 31.6 Å². The number of methoxy groups -OCH3 is 1. The summed E-state index contributed by atoms with van der Waals surface area (Å²) in [6.07, 6.45) is 1.95. The zero-order chi connectivity index (χ0) is 21.8. The lowest BCUT2D eigenvalue weighted by Crippen LogP contribution is -2.38. The normalized spacial score (nSPS) is 15.8. The van der Waals surface area contributed by atoms with Gasteiger partial charge in [-0.15, -0.1) is 0 Å². The first-order chi connectivity index (χ1) is 15.1. The maximum atomic E-state index is 12.5. The van der Waals surface area contributed by atoms with E-state index in [4.69, 9.17) is 4.74 Å². The van der Waals surface area contributed by atoms with Crippen molar-refractivity contribution in [3.8, 4) is 5.75 Å². The average molecular weight is 420 g/mol. The number of carbonyl (C=O) groups is 3. The summed E-state index contributed by atoms with van der Waals surface area (Å²) in [5.41, 5.74) is 2.19. The number of hydrogen-bond donors (Lipinski definition) is 3. The first-order valence-electron chi connectivity index (χ1n) is 10.1. The molecule has 0 saturated carbocycles. The van der Waals surface area contributed by atoms with Crippen LogP contribution in [0.1, 0.15) is 16.8 Å². The Bertz CT molecular complexity index is 1120. The van der Waals surface area contributed by atoms with Crippen LogP contribution in [0, 0.1) is 5.92 Å². The number of rotatable bonds is 7. The molecule has 4 rings (SSSR count). The SMILES string of the molecule is COc1cccc(N2C[C@H](C(=O)NCCNC(=O)c3cccc4[nH]ccc34)CC2=O)c1. The summed E-state index contributed by atoms with van der Waals surface area (Å²) < 4.78 is 5.21. The van der Waals surface area contributed by atoms with E-state index >= 15 is 0 Å². The molecular formula is C23H24N4O4. The number of anilines is 1. The lowest BCUT2D eigenvalue weighted by Gasteiger charge is -2.17. The van der Waals surface area contributed by atoms with Gasteiger partial charge < -0.3 is 25.3 Å². The van der Waals surface area contributed by atoms with Crippen LogP contribution in [0.5, 0.6) is 5.75 Å². The summed E-state index contributed by atoms with van der Waals surface area (Å²) in [6, 6.07) is 14.6. The van der Waals surface area contributed by atoms with Gasteiger partial charge in [0.25, 0.3) is 5.91 Å². The molecule has 1 saturated heterocycles. The fourth-order valence-corrected chi connectivity index (χ4v) is 3.80. The molecule has 2 aromatic carbocycles. The van der Waals surface area contributed by atoms with Crippen LogP contribution in [0.25, 0.3) is 10.9 Å². The van der Waals surface area contributed by atoms with Crippen LogP contribution in [0.4, 0.5) is 5.69 Å². The number of amides is 3. The third-order valence-electron chi connectivity index (χ3n) is 5.41. The van der Waals surface area contributed by atoms with Crippen LogP contribution in [0.15, 0.2) is 54.7 Å². The molecule has 1 fully saturated rings. The lowest BCUT2D eigenvalue weighted by atomic mass is 10.1. The van der Waals surface area contributed by atoms with Gasteiger partial charge in [0.1, 0.15) is 5.75 Å². The number of nitrogens with one attached hydrogen (secondary N) is 3. The molecule has 160 valence electrons. The second kappa shape index (κ2) is 8.91. The van der Waals surface area contributed by atoms with E-state index in [0.29, 0.717) is 30.1 Å². The minimum absolute atomic E-state index is 0.0960. The second-order valence-corrected chi connectivity index (χ2v) is 7.40. The van der Waals surface area contributed by atoms with E-state index in [1.54, 1.807) is 36.4 Å². The largest absolute Gasteiger partial charge is 0.497 e. The highest BCUT2D eigenvalue weighted by Crippen LogP contribution is 2.28. The Kier molecular flexibility index (Phi) is 5.88. The lowest BCUT2D eigenvalue weighted by molar-refractivity contribution is -0.126. The van der Waals surface area contributed by atoms with Gasteiger partial charge in [-0.05, 0) is 30.3 Å². The predicted octanol–water partition coefficient (Wildman–Crippen LogP) is 2.08. The van der Waals surface area contributed by atoms with Gasteiger partial charge in [0.2, 0.25) is 11.8 Å². The maximum absolute atomic E-state index is 12.5. The Morgan fingerprint density at radius 3 is 2.77 bits per heavy atom. The number of aromatic nitrogens is 1. The van der Waals surface area contributed by atoms with Crippen molar-refractivity contribution in [1.82, 2.24) is 15.6 Å². The van der Waals surface area contributed by atoms with Crippen LogP contribution in [-0.2, 0) is 9.59 Å². The minimum atomic E-state index is -0.428. The van der Waals surface area contributed by atoms with Gasteiger partial charge in [-0.2, -0.15) is 0 Å². The molecule has 8 nitrogen and oxygen atoms in total. The van der Waals surface area contributed by atoms with E-state index in [2.05, 4.69) is 15.6 Å². The fraction of sp³-hybridized carbons (Fsp3) is 0.261. The Hall–Kier alpha value is -3.81. The molecule has 0 spiro atoms. The van der Waals surface area contributed by atoms with E-state index in [1.807, 2.05) is 30.3 Å². The van der Waals surface area contributed by atoms with Crippen molar-refractivity contribution in [1.29, 1.82) is 0 Å². The third-order valence-corrected chi connectivity index (χ3v) is 5.41. The maximum Gasteiger partial charge on any atom is 0.252 e. The smallest absolute Gasteiger partial charge is 0.252 e. The molecule has 3 N–H and O–H groups in total. The molecule has 1 aliphatic heterocycles. The van der Waals surface area contributed by atoms with Gasteiger partial charge in [0, 0.05) is 60.5 Å². The van der Waals surface area contributed by atoms with Gasteiger partial charge in [0.15, 0.2) is 0 Å². The Labute approximate surface area is 179 Å². The molecule has 1 aliphatic rings. The number of fused-ring (bicyclic) bond motifs is 1. The van der Waals surface area contributed by atoms with E-state index in [1.165, 1.54) is 0 Å². The summed E-state index contributed by atoms with van der Waals surface area (Å²) in [7, 11) is 1.57. The molecule has 1 aromatic heterocycles. The third kappa shape index (κ3) is 4.37. The van der Waals surface area contributed by atoms with E-state index in [0.717, 1.165) is 10.9 Å². The molecule has 8 heteroatoms. The van der Waals surface area contributed by atoms with Crippen molar-refractivity contribution in [2.24, 2.45) is 5.92 Å². The van der Waals surface area contributed by atoms with Crippen molar-refractivity contribution >= 4 is 34.3 Å². The Morgan fingerprint density at radius 2 is 1.94 bits per heavy atom. The molecular weight excluding hydrogens is 396 g/mol. The molecule has 3 aromatic rings. The highest BCUT2D eigenvalue weighted by molar-refractivity contribution is 6.06. The van der Waals surface area contributed by atoms with E-state index in [9.17, 15) is 14.4 Å². The van der Waals surface area contributed by atoms with Crippen molar-refractivity contribution in [3.05, 3.63) is 60.3 Å². The standard InChI is InChI=1S/C23H24N4O4/c1-31-17-5-2-4-16(13-17)27-14-15(12-21(27)28)22(29)25-10-11-26-23(30)19-6-3-7-20-18(19)8-9-24-20/h2-9,13,15,24H,10-12,14H2,1H3,(H,25,29)(H,26,30)/t15-/m1/s1. The molecule has 1 atom stereocenters. The van der Waals surface area contributed by atoms with Crippen LogP contribution < -0.4 is 20.3 Å². The minimum Gasteiger partial charge on any atom is -0.497 e. The number of H-pyrrole nitrogens is 1. The van der Waals surface area contributed by atoms with Crippen molar-refractivity contribution in [2.45, 2.75) is 6.42 Å². The molecule has 0 radical (unpaired) electrons. The first-order valence-corrected chi connectivity index (χ1v) is 10.1. The zero-order valence-corrected chi connectivity index (χ0v) is 17.2. The topological polar surface area (TPSA) is 104 Å². The van der Waals surface area contributed by atoms with Crippen LogP contribution in [0.3, 0.4) is 0 Å². The first kappa shape index (κ1) is 20.5. The fourth-order valence-electron chi connectivity index (χ4n) is 3.80. The average Bonchev–Trinajstić information content (AvgIpc) is 3.43. The number of aromatic amines is 1. The van der Waals surface area contributed by atoms with Gasteiger partial charge in [-0.3, -0.25) is 14.4 Å². The van der Waals surface area contributed by atoms with Crippen molar-refractivity contribution < 1.29 is 19.1 Å². The van der Waals surface area contributed by atoms with Crippen molar-refractivity contribution in [3.63, 3.8) is 0 Å². The number of nitrogens with zero attached hydrogens (tertiary/aromatic N) is 1. The Balaban J connectivity index is 1.27. The van der Waals surface area contributed by atoms with Crippen LogP contribution >= 0.6 is 0 Å². The summed E-state index contributed by atoms with van der Waals surface area (Å²) in [4.78, 5) is 42.0. The van der Waals surface area contributed by atoms with Gasteiger partial charge >= 0.3 is 0 Å². The second-order valence-electron chi connectivity index (χ2n) is 7.40. The molecule has 0 unspecified atom stereocenters. The summed E-state index contributed by atoms with van der Waals surface area (Å²) in [6.45, 7) is 0.906. The predicted molar refractivity (Wildman–Crippen MR) is 117 cm³/mol. The summed E-state index contributed by atoms with van der Waals surface area (Å²) in [5, 5.41) is 6.49. The van der Waals surface area contributed by atoms with Crippen LogP contribution in [0.2, 0.25) is 0 Å². The van der Waals surface area contributed by atoms with Crippen LogP contribution in [-0.4, -0.2) is 49.4 Å². The van der Waals surface area contributed by atoms with Gasteiger partial charge in [0.05, 0.1) is 13.0 Å². The summed E-state index contributed by atoms with van der Waals surface area (Å²) in [5.74, 6) is -0.256. The summed E-state index contributed by atoms with van der Waals surface area (Å²) >= 11 is 0.